The van der Waals surface area contributed by atoms with Crippen molar-refractivity contribution in [3.8, 4) is 6.07 Å². The summed E-state index contributed by atoms with van der Waals surface area (Å²) in [5.41, 5.74) is -0.474. The van der Waals surface area contributed by atoms with Gasteiger partial charge in [-0.3, -0.25) is 9.89 Å². The summed E-state index contributed by atoms with van der Waals surface area (Å²) in [6.45, 7) is 0. The Bertz CT molecular complexity index is 1060. The van der Waals surface area contributed by atoms with Crippen molar-refractivity contribution < 1.29 is 18.0 Å². The van der Waals surface area contributed by atoms with Gasteiger partial charge in [-0.15, -0.1) is 0 Å². The monoisotopic (exact) mass is 371 g/mol. The van der Waals surface area contributed by atoms with E-state index < -0.39 is 23.3 Å². The molecule has 3 aromatic rings. The maximum Gasteiger partial charge on any atom is 0.418 e. The van der Waals surface area contributed by atoms with Crippen molar-refractivity contribution in [2.24, 2.45) is 0 Å². The van der Waals surface area contributed by atoms with Crippen LogP contribution in [0.25, 0.3) is 10.9 Å². The zero-order valence-electron chi connectivity index (χ0n) is 13.6. The summed E-state index contributed by atoms with van der Waals surface area (Å²) in [6, 6.07) is 11.4. The Hall–Kier alpha value is -3.80. The summed E-state index contributed by atoms with van der Waals surface area (Å²) in [4.78, 5) is 12.2. The number of para-hydroxylation sites is 1. The third-order valence-electron chi connectivity index (χ3n) is 3.67. The number of amides is 1. The molecule has 3 N–H and O–H groups in total. The fourth-order valence-corrected chi connectivity index (χ4v) is 2.36. The number of carbonyl (C=O) groups is 1. The summed E-state index contributed by atoms with van der Waals surface area (Å²) >= 11 is 0. The highest BCUT2D eigenvalue weighted by molar-refractivity contribution is 6.07. The van der Waals surface area contributed by atoms with Gasteiger partial charge in [0.1, 0.15) is 11.6 Å². The first-order chi connectivity index (χ1) is 12.9. The highest BCUT2D eigenvalue weighted by Crippen LogP contribution is 2.34. The van der Waals surface area contributed by atoms with Crippen LogP contribution in [0.3, 0.4) is 0 Å². The highest BCUT2D eigenvalue weighted by atomic mass is 19.4. The van der Waals surface area contributed by atoms with Crippen LogP contribution in [0, 0.1) is 11.3 Å². The molecule has 136 valence electrons. The Morgan fingerprint density at radius 3 is 2.74 bits per heavy atom. The maximum absolute atomic E-state index is 13.0. The number of halogens is 3. The predicted octanol–water partition coefficient (Wildman–Crippen LogP) is 4.04. The number of hydrogen-bond donors (Lipinski definition) is 3. The Morgan fingerprint density at radius 2 is 2.00 bits per heavy atom. The van der Waals surface area contributed by atoms with Gasteiger partial charge < -0.3 is 10.6 Å². The number of anilines is 2. The summed E-state index contributed by atoms with van der Waals surface area (Å²) in [7, 11) is 0. The van der Waals surface area contributed by atoms with Crippen molar-refractivity contribution >= 4 is 28.2 Å². The Labute approximate surface area is 151 Å². The Kier molecular flexibility index (Phi) is 4.81. The van der Waals surface area contributed by atoms with Crippen LogP contribution < -0.4 is 10.6 Å². The molecule has 0 aliphatic rings. The van der Waals surface area contributed by atoms with Crippen LogP contribution in [0.15, 0.2) is 60.4 Å². The van der Waals surface area contributed by atoms with E-state index in [1.165, 1.54) is 12.1 Å². The van der Waals surface area contributed by atoms with Crippen molar-refractivity contribution in [1.29, 1.82) is 5.26 Å². The minimum atomic E-state index is -4.63. The quantitative estimate of drug-likeness (QED) is 0.477. The summed E-state index contributed by atoms with van der Waals surface area (Å²) < 4.78 is 39.0. The van der Waals surface area contributed by atoms with Crippen molar-refractivity contribution in [1.82, 2.24) is 10.2 Å². The van der Waals surface area contributed by atoms with Gasteiger partial charge in [0, 0.05) is 17.3 Å². The van der Waals surface area contributed by atoms with Crippen LogP contribution in [0.4, 0.5) is 24.5 Å². The average Bonchev–Trinajstić information content (AvgIpc) is 3.09. The zero-order valence-corrected chi connectivity index (χ0v) is 13.6. The molecular weight excluding hydrogens is 359 g/mol. The van der Waals surface area contributed by atoms with Crippen molar-refractivity contribution in [3.05, 3.63) is 66.0 Å². The molecule has 0 fully saturated rings. The summed E-state index contributed by atoms with van der Waals surface area (Å²) in [5.74, 6) is -0.954. The molecule has 2 aromatic carbocycles. The lowest BCUT2D eigenvalue weighted by atomic mass is 10.1. The summed E-state index contributed by atoms with van der Waals surface area (Å²) in [6.07, 6.45) is -1.86. The lowest BCUT2D eigenvalue weighted by molar-refractivity contribution is -0.137. The Morgan fingerprint density at radius 1 is 1.22 bits per heavy atom. The van der Waals surface area contributed by atoms with Crippen LogP contribution in [0.2, 0.25) is 0 Å². The summed E-state index contributed by atoms with van der Waals surface area (Å²) in [5, 5.41) is 21.6. The third-order valence-corrected chi connectivity index (χ3v) is 3.67. The number of nitrogens with zero attached hydrogens (tertiary/aromatic N) is 2. The molecule has 0 radical (unpaired) electrons. The fraction of sp³-hybridized carbons (Fsp3) is 0.0556. The number of benzene rings is 2. The third kappa shape index (κ3) is 4.07. The first-order valence-electron chi connectivity index (χ1n) is 7.66. The first kappa shape index (κ1) is 18.0. The number of carbonyl (C=O) groups excluding carboxylic acids is 1. The van der Waals surface area contributed by atoms with Gasteiger partial charge in [0.15, 0.2) is 0 Å². The number of nitriles is 1. The SMILES string of the molecule is N#C/C(=C/Nc1ccc2cn[nH]c2c1)C(=O)Nc1ccccc1C(F)(F)F. The smallest absolute Gasteiger partial charge is 0.360 e. The molecule has 9 heteroatoms. The second-order valence-electron chi connectivity index (χ2n) is 5.48. The van der Waals surface area contributed by atoms with E-state index in [4.69, 9.17) is 5.26 Å². The normalized spacial score (nSPS) is 11.9. The number of aromatic nitrogens is 2. The fourth-order valence-electron chi connectivity index (χ4n) is 2.36. The van der Waals surface area contributed by atoms with Crippen molar-refractivity contribution in [2.75, 3.05) is 10.6 Å². The van der Waals surface area contributed by atoms with Gasteiger partial charge in [0.25, 0.3) is 5.91 Å². The second-order valence-corrected chi connectivity index (χ2v) is 5.48. The molecule has 0 atom stereocenters. The molecule has 0 aliphatic carbocycles. The van der Waals surface area contributed by atoms with Gasteiger partial charge >= 0.3 is 6.18 Å². The highest BCUT2D eigenvalue weighted by Gasteiger charge is 2.33. The van der Waals surface area contributed by atoms with E-state index in [1.54, 1.807) is 30.5 Å². The van der Waals surface area contributed by atoms with E-state index >= 15 is 0 Å². The standard InChI is InChI=1S/C18H12F3N5O/c19-18(20,21)14-3-1-2-4-15(14)25-17(27)12(8-22)9-23-13-6-5-11-10-24-26-16(11)7-13/h1-7,9-10,23H,(H,24,26)(H,25,27)/b12-9-. The van der Waals surface area contributed by atoms with Crippen molar-refractivity contribution in [2.45, 2.75) is 6.18 Å². The second kappa shape index (κ2) is 7.21. The minimum Gasteiger partial charge on any atom is -0.360 e. The number of H-pyrrole nitrogens is 1. The number of aromatic amines is 1. The average molecular weight is 371 g/mol. The minimum absolute atomic E-state index is 0.378. The number of fused-ring (bicyclic) bond motifs is 1. The zero-order chi connectivity index (χ0) is 19.4. The van der Waals surface area contributed by atoms with Crippen LogP contribution in [0.1, 0.15) is 5.56 Å². The molecule has 0 aliphatic heterocycles. The van der Waals surface area contributed by atoms with E-state index in [-0.39, 0.29) is 5.57 Å². The van der Waals surface area contributed by atoms with Gasteiger partial charge in [0.05, 0.1) is 23.0 Å². The lowest BCUT2D eigenvalue weighted by Gasteiger charge is -2.13. The molecule has 0 spiro atoms. The van der Waals surface area contributed by atoms with Gasteiger partial charge in [-0.2, -0.15) is 23.5 Å². The number of nitrogens with one attached hydrogen (secondary N) is 3. The maximum atomic E-state index is 13.0. The molecule has 0 bridgehead atoms. The molecule has 1 aromatic heterocycles. The van der Waals surface area contributed by atoms with E-state index in [0.29, 0.717) is 5.69 Å². The molecule has 1 heterocycles. The molecular formula is C18H12F3N5O. The molecule has 1 amide bonds. The van der Waals surface area contributed by atoms with Gasteiger partial charge in [0.2, 0.25) is 0 Å². The molecule has 0 saturated carbocycles. The molecule has 3 rings (SSSR count). The first-order valence-corrected chi connectivity index (χ1v) is 7.66. The number of hydrogen-bond acceptors (Lipinski definition) is 4. The molecule has 0 saturated heterocycles. The van der Waals surface area contributed by atoms with Crippen LogP contribution in [-0.4, -0.2) is 16.1 Å². The topological polar surface area (TPSA) is 93.6 Å². The van der Waals surface area contributed by atoms with Crippen LogP contribution in [0.5, 0.6) is 0 Å². The van der Waals surface area contributed by atoms with Gasteiger partial charge in [-0.05, 0) is 30.3 Å². The predicted molar refractivity (Wildman–Crippen MR) is 93.5 cm³/mol. The van der Waals surface area contributed by atoms with E-state index in [1.807, 2.05) is 0 Å². The molecule has 6 nitrogen and oxygen atoms in total. The van der Waals surface area contributed by atoms with E-state index in [2.05, 4.69) is 20.8 Å². The van der Waals surface area contributed by atoms with Gasteiger partial charge in [-0.25, -0.2) is 0 Å². The van der Waals surface area contributed by atoms with E-state index in [9.17, 15) is 18.0 Å². The largest absolute Gasteiger partial charge is 0.418 e. The number of rotatable bonds is 4. The van der Waals surface area contributed by atoms with Crippen LogP contribution in [-0.2, 0) is 11.0 Å². The number of alkyl halides is 3. The van der Waals surface area contributed by atoms with Crippen LogP contribution >= 0.6 is 0 Å². The lowest BCUT2D eigenvalue weighted by Crippen LogP contribution is -2.18. The molecule has 0 unspecified atom stereocenters. The van der Waals surface area contributed by atoms with E-state index in [0.717, 1.165) is 29.2 Å². The molecule has 27 heavy (non-hydrogen) atoms. The Balaban J connectivity index is 1.78. The van der Waals surface area contributed by atoms with Crippen molar-refractivity contribution in [3.63, 3.8) is 0 Å². The van der Waals surface area contributed by atoms with Gasteiger partial charge in [-0.1, -0.05) is 12.1 Å².